The molecule has 0 unspecified atom stereocenters. The number of furan rings is 1. The molecule has 1 aliphatic rings. The molecule has 0 spiro atoms. The van der Waals surface area contributed by atoms with Gasteiger partial charge in [-0.1, -0.05) is 24.3 Å². The fraction of sp³-hybridized carbons (Fsp3) is 0.0526. The topological polar surface area (TPSA) is 61.0 Å². The first kappa shape index (κ1) is 14.3. The third-order valence-corrected chi connectivity index (χ3v) is 3.66. The van der Waals surface area contributed by atoms with E-state index in [2.05, 4.69) is 4.99 Å². The molecule has 2 aromatic carbocycles. The zero-order chi connectivity index (χ0) is 16.5. The van der Waals surface area contributed by atoms with Gasteiger partial charge in [0, 0.05) is 17.0 Å². The van der Waals surface area contributed by atoms with Crippen molar-refractivity contribution in [3.05, 3.63) is 71.6 Å². The van der Waals surface area contributed by atoms with Crippen LogP contribution in [0.5, 0.6) is 5.75 Å². The van der Waals surface area contributed by atoms with Crippen molar-refractivity contribution in [3.63, 3.8) is 0 Å². The number of carbonyl (C=O) groups is 1. The minimum atomic E-state index is -0.506. The summed E-state index contributed by atoms with van der Waals surface area (Å²) in [6.45, 7) is 0. The maximum Gasteiger partial charge on any atom is 0.363 e. The molecule has 118 valence electrons. The molecular weight excluding hydrogens is 306 g/mol. The van der Waals surface area contributed by atoms with Gasteiger partial charge in [-0.2, -0.15) is 0 Å². The number of cyclic esters (lactones) is 1. The molecule has 0 radical (unpaired) electrons. The molecule has 0 amide bonds. The van der Waals surface area contributed by atoms with Crippen molar-refractivity contribution in [1.82, 2.24) is 0 Å². The van der Waals surface area contributed by atoms with Crippen molar-refractivity contribution in [2.45, 2.75) is 0 Å². The average Bonchev–Trinajstić information content (AvgIpc) is 3.18. The van der Waals surface area contributed by atoms with Gasteiger partial charge in [0.2, 0.25) is 5.90 Å². The van der Waals surface area contributed by atoms with E-state index in [-0.39, 0.29) is 11.6 Å². The van der Waals surface area contributed by atoms with Crippen molar-refractivity contribution < 1.29 is 18.7 Å². The molecular formula is C19H13NO4. The normalized spacial score (nSPS) is 15.6. The Hall–Kier alpha value is -3.34. The van der Waals surface area contributed by atoms with Crippen LogP contribution in [0.25, 0.3) is 17.0 Å². The lowest BCUT2D eigenvalue weighted by molar-refractivity contribution is -0.129. The Bertz CT molecular complexity index is 964. The molecule has 5 heteroatoms. The molecule has 1 aliphatic heterocycles. The van der Waals surface area contributed by atoms with E-state index >= 15 is 0 Å². The number of nitrogens with zero attached hydrogens (tertiary/aromatic N) is 1. The molecule has 2 heterocycles. The van der Waals surface area contributed by atoms with Crippen LogP contribution >= 0.6 is 0 Å². The summed E-state index contributed by atoms with van der Waals surface area (Å²) < 4.78 is 16.1. The Labute approximate surface area is 137 Å². The largest absolute Gasteiger partial charge is 0.497 e. The molecule has 1 aromatic heterocycles. The maximum atomic E-state index is 12.1. The Kier molecular flexibility index (Phi) is 3.39. The average molecular weight is 319 g/mol. The highest BCUT2D eigenvalue weighted by Gasteiger charge is 2.24. The number of hydrogen-bond donors (Lipinski definition) is 0. The van der Waals surface area contributed by atoms with E-state index in [0.717, 1.165) is 11.0 Å². The highest BCUT2D eigenvalue weighted by atomic mass is 16.6. The van der Waals surface area contributed by atoms with Gasteiger partial charge in [-0.05, 0) is 30.3 Å². The molecule has 0 saturated carbocycles. The summed E-state index contributed by atoms with van der Waals surface area (Å²) in [6, 6.07) is 16.7. The molecule has 0 aliphatic carbocycles. The second-order valence-electron chi connectivity index (χ2n) is 5.25. The number of benzene rings is 2. The van der Waals surface area contributed by atoms with Crippen LogP contribution in [0.15, 0.2) is 69.7 Å². The predicted molar refractivity (Wildman–Crippen MR) is 89.8 cm³/mol. The molecule has 4 rings (SSSR count). The van der Waals surface area contributed by atoms with Gasteiger partial charge in [0.15, 0.2) is 5.70 Å². The molecule has 0 bridgehead atoms. The van der Waals surface area contributed by atoms with Crippen LogP contribution < -0.4 is 4.74 Å². The van der Waals surface area contributed by atoms with Crippen molar-refractivity contribution in [1.29, 1.82) is 0 Å². The lowest BCUT2D eigenvalue weighted by Gasteiger charge is -2.02. The van der Waals surface area contributed by atoms with E-state index in [0.29, 0.717) is 17.1 Å². The first-order valence-electron chi connectivity index (χ1n) is 7.38. The number of carbonyl (C=O) groups excluding carboxylic acids is 1. The predicted octanol–water partition coefficient (Wildman–Crippen LogP) is 3.79. The minimum Gasteiger partial charge on any atom is -0.497 e. The number of aliphatic imine (C=N–C) groups is 1. The van der Waals surface area contributed by atoms with Gasteiger partial charge in [-0.25, -0.2) is 9.79 Å². The molecule has 0 N–H and O–H groups in total. The van der Waals surface area contributed by atoms with E-state index in [4.69, 9.17) is 13.9 Å². The van der Waals surface area contributed by atoms with Gasteiger partial charge in [0.25, 0.3) is 0 Å². The van der Waals surface area contributed by atoms with Crippen LogP contribution in [-0.4, -0.2) is 19.0 Å². The van der Waals surface area contributed by atoms with Gasteiger partial charge < -0.3 is 13.9 Å². The summed E-state index contributed by atoms with van der Waals surface area (Å²) in [4.78, 5) is 16.3. The van der Waals surface area contributed by atoms with Gasteiger partial charge in [0.05, 0.1) is 7.11 Å². The number of ether oxygens (including phenoxy) is 2. The summed E-state index contributed by atoms with van der Waals surface area (Å²) in [5.74, 6) is 0.967. The number of fused-ring (bicyclic) bond motifs is 1. The van der Waals surface area contributed by atoms with E-state index in [1.807, 2.05) is 42.5 Å². The zero-order valence-corrected chi connectivity index (χ0v) is 12.9. The first-order chi connectivity index (χ1) is 11.7. The van der Waals surface area contributed by atoms with Crippen LogP contribution in [0.1, 0.15) is 11.3 Å². The lowest BCUT2D eigenvalue weighted by Crippen LogP contribution is -2.05. The van der Waals surface area contributed by atoms with Gasteiger partial charge in [-0.15, -0.1) is 0 Å². The fourth-order valence-electron chi connectivity index (χ4n) is 2.50. The number of esters is 1. The van der Waals surface area contributed by atoms with E-state index < -0.39 is 5.97 Å². The number of rotatable bonds is 3. The van der Waals surface area contributed by atoms with Crippen molar-refractivity contribution >= 4 is 28.9 Å². The maximum absolute atomic E-state index is 12.1. The summed E-state index contributed by atoms with van der Waals surface area (Å²) >= 11 is 0. The SMILES string of the molecule is COc1cccc(C2=N/C(=C/c3cc4ccccc4o3)C(=O)O2)c1. The lowest BCUT2D eigenvalue weighted by atomic mass is 10.2. The first-order valence-corrected chi connectivity index (χ1v) is 7.38. The Morgan fingerprint density at radius 1 is 1.08 bits per heavy atom. The van der Waals surface area contributed by atoms with Crippen molar-refractivity contribution in [3.8, 4) is 5.75 Å². The second-order valence-corrected chi connectivity index (χ2v) is 5.25. The number of para-hydroxylation sites is 1. The molecule has 0 fully saturated rings. The van der Waals surface area contributed by atoms with Crippen LogP contribution in [0.4, 0.5) is 0 Å². The van der Waals surface area contributed by atoms with Crippen LogP contribution in [0.2, 0.25) is 0 Å². The molecule has 24 heavy (non-hydrogen) atoms. The van der Waals surface area contributed by atoms with Crippen LogP contribution in [0, 0.1) is 0 Å². The van der Waals surface area contributed by atoms with Crippen molar-refractivity contribution in [2.24, 2.45) is 4.99 Å². The summed E-state index contributed by atoms with van der Waals surface area (Å²) in [5, 5.41) is 0.965. The van der Waals surface area contributed by atoms with Gasteiger partial charge in [0.1, 0.15) is 17.1 Å². The fourth-order valence-corrected chi connectivity index (χ4v) is 2.50. The highest BCUT2D eigenvalue weighted by molar-refractivity contribution is 6.13. The van der Waals surface area contributed by atoms with Gasteiger partial charge >= 0.3 is 5.97 Å². The monoisotopic (exact) mass is 319 g/mol. The number of hydrogen-bond acceptors (Lipinski definition) is 5. The zero-order valence-electron chi connectivity index (χ0n) is 12.9. The van der Waals surface area contributed by atoms with Gasteiger partial charge in [-0.3, -0.25) is 0 Å². The third-order valence-electron chi connectivity index (χ3n) is 3.66. The summed E-state index contributed by atoms with van der Waals surface area (Å²) in [7, 11) is 1.58. The number of methoxy groups -OCH3 is 1. The van der Waals surface area contributed by atoms with Crippen molar-refractivity contribution in [2.75, 3.05) is 7.11 Å². The van der Waals surface area contributed by atoms with Crippen LogP contribution in [0.3, 0.4) is 0 Å². The Morgan fingerprint density at radius 2 is 1.96 bits per heavy atom. The standard InChI is InChI=1S/C19H13NO4/c1-22-14-7-4-6-13(10-14)18-20-16(19(21)24-18)11-15-9-12-5-2-3-8-17(12)23-15/h2-11H,1H3/b16-11+. The summed E-state index contributed by atoms with van der Waals surface area (Å²) in [6.07, 6.45) is 1.58. The second kappa shape index (κ2) is 5.70. The summed E-state index contributed by atoms with van der Waals surface area (Å²) in [5.41, 5.74) is 1.63. The highest BCUT2D eigenvalue weighted by Crippen LogP contribution is 2.24. The van der Waals surface area contributed by atoms with E-state index in [1.165, 1.54) is 0 Å². The Morgan fingerprint density at radius 3 is 2.79 bits per heavy atom. The van der Waals surface area contributed by atoms with E-state index in [9.17, 15) is 4.79 Å². The van der Waals surface area contributed by atoms with Crippen LogP contribution in [-0.2, 0) is 9.53 Å². The molecule has 5 nitrogen and oxygen atoms in total. The molecule has 3 aromatic rings. The van der Waals surface area contributed by atoms with E-state index in [1.54, 1.807) is 25.3 Å². The Balaban J connectivity index is 1.70. The minimum absolute atomic E-state index is 0.201. The quantitative estimate of drug-likeness (QED) is 0.544. The molecule has 0 atom stereocenters. The molecule has 0 saturated heterocycles. The third kappa shape index (κ3) is 2.56. The smallest absolute Gasteiger partial charge is 0.363 e.